The van der Waals surface area contributed by atoms with Gasteiger partial charge in [-0.2, -0.15) is 0 Å². The van der Waals surface area contributed by atoms with Crippen LogP contribution < -0.4 is 10.6 Å². The summed E-state index contributed by atoms with van der Waals surface area (Å²) in [7, 11) is 3.92. The topological polar surface area (TPSA) is 81.7 Å². The number of carboxylic acids is 1. The molecule has 0 aromatic carbocycles. The van der Waals surface area contributed by atoms with Crippen molar-refractivity contribution < 1.29 is 14.7 Å². The van der Waals surface area contributed by atoms with Crippen molar-refractivity contribution in [3.63, 3.8) is 0 Å². The van der Waals surface area contributed by atoms with Crippen molar-refractivity contribution in [3.05, 3.63) is 0 Å². The van der Waals surface area contributed by atoms with Crippen molar-refractivity contribution in [3.8, 4) is 0 Å². The monoisotopic (exact) mass is 271 g/mol. The molecule has 2 amide bonds. The number of likely N-dealkylation sites (N-methyl/N-ethyl adjacent to an activating group) is 1. The molecule has 0 aromatic heterocycles. The first-order chi connectivity index (χ1) is 8.91. The van der Waals surface area contributed by atoms with E-state index in [2.05, 4.69) is 10.6 Å². The van der Waals surface area contributed by atoms with E-state index >= 15 is 0 Å². The molecule has 0 heterocycles. The molecule has 19 heavy (non-hydrogen) atoms. The van der Waals surface area contributed by atoms with Gasteiger partial charge in [0.15, 0.2) is 0 Å². The van der Waals surface area contributed by atoms with Crippen LogP contribution in [-0.2, 0) is 4.79 Å². The Bertz CT molecular complexity index is 320. The summed E-state index contributed by atoms with van der Waals surface area (Å²) in [6.07, 6.45) is 2.54. The quantitative estimate of drug-likeness (QED) is 0.665. The molecule has 0 spiro atoms. The summed E-state index contributed by atoms with van der Waals surface area (Å²) in [5, 5.41) is 14.6. The molecule has 3 atom stereocenters. The molecule has 1 fully saturated rings. The van der Waals surface area contributed by atoms with E-state index < -0.39 is 5.97 Å². The molecule has 3 N–H and O–H groups in total. The minimum atomic E-state index is -0.745. The molecular weight excluding hydrogens is 246 g/mol. The lowest BCUT2D eigenvalue weighted by Crippen LogP contribution is -2.44. The molecule has 1 saturated carbocycles. The second-order valence-corrected chi connectivity index (χ2v) is 5.54. The van der Waals surface area contributed by atoms with E-state index in [-0.39, 0.29) is 23.9 Å². The Balaban J connectivity index is 2.25. The van der Waals surface area contributed by atoms with E-state index in [1.165, 1.54) is 0 Å². The van der Waals surface area contributed by atoms with Crippen LogP contribution in [0.25, 0.3) is 0 Å². The van der Waals surface area contributed by atoms with Crippen molar-refractivity contribution >= 4 is 12.0 Å². The molecule has 1 aliphatic carbocycles. The molecule has 0 aliphatic heterocycles. The molecular formula is C13H25N3O3. The van der Waals surface area contributed by atoms with Crippen LogP contribution in [0.4, 0.5) is 4.79 Å². The van der Waals surface area contributed by atoms with Crippen molar-refractivity contribution in [2.75, 3.05) is 27.2 Å². The van der Waals surface area contributed by atoms with Gasteiger partial charge in [-0.1, -0.05) is 6.42 Å². The maximum atomic E-state index is 11.6. The van der Waals surface area contributed by atoms with Gasteiger partial charge in [-0.05, 0) is 39.8 Å². The van der Waals surface area contributed by atoms with Gasteiger partial charge in [0.1, 0.15) is 0 Å². The SMILES string of the molecule is CC(CNC(=O)NCC1CCCC1C(=O)O)N(C)C. The van der Waals surface area contributed by atoms with Crippen molar-refractivity contribution in [1.82, 2.24) is 15.5 Å². The smallest absolute Gasteiger partial charge is 0.314 e. The largest absolute Gasteiger partial charge is 0.481 e. The third-order valence-electron chi connectivity index (χ3n) is 3.94. The molecule has 0 saturated heterocycles. The van der Waals surface area contributed by atoms with Gasteiger partial charge in [-0.15, -0.1) is 0 Å². The molecule has 0 bridgehead atoms. The van der Waals surface area contributed by atoms with E-state index in [0.717, 1.165) is 19.3 Å². The number of carbonyl (C=O) groups is 2. The molecule has 3 unspecified atom stereocenters. The first kappa shape index (κ1) is 15.8. The van der Waals surface area contributed by atoms with Gasteiger partial charge in [0.2, 0.25) is 0 Å². The summed E-state index contributed by atoms with van der Waals surface area (Å²) < 4.78 is 0. The summed E-state index contributed by atoms with van der Waals surface area (Å²) in [4.78, 5) is 24.7. The first-order valence-corrected chi connectivity index (χ1v) is 6.82. The Labute approximate surface area is 114 Å². The molecule has 110 valence electrons. The number of carbonyl (C=O) groups excluding carboxylic acids is 1. The van der Waals surface area contributed by atoms with E-state index in [0.29, 0.717) is 13.1 Å². The maximum absolute atomic E-state index is 11.6. The minimum absolute atomic E-state index is 0.0644. The number of nitrogens with zero attached hydrogens (tertiary/aromatic N) is 1. The summed E-state index contributed by atoms with van der Waals surface area (Å²) in [5.41, 5.74) is 0. The number of aliphatic carboxylic acids is 1. The molecule has 6 heteroatoms. The Morgan fingerprint density at radius 2 is 2.00 bits per heavy atom. The summed E-state index contributed by atoms with van der Waals surface area (Å²) >= 11 is 0. The molecule has 0 aromatic rings. The van der Waals surface area contributed by atoms with E-state index in [9.17, 15) is 9.59 Å². The van der Waals surface area contributed by atoms with Gasteiger partial charge in [-0.3, -0.25) is 4.79 Å². The number of amides is 2. The molecule has 0 radical (unpaired) electrons. The van der Waals surface area contributed by atoms with Crippen LogP contribution in [0.1, 0.15) is 26.2 Å². The fourth-order valence-corrected chi connectivity index (χ4v) is 2.32. The van der Waals surface area contributed by atoms with Gasteiger partial charge in [0.25, 0.3) is 0 Å². The predicted molar refractivity (Wildman–Crippen MR) is 73.0 cm³/mol. The zero-order valence-corrected chi connectivity index (χ0v) is 12.0. The normalized spacial score (nSPS) is 24.2. The van der Waals surface area contributed by atoms with Crippen LogP contribution in [0.15, 0.2) is 0 Å². The van der Waals surface area contributed by atoms with Crippen LogP contribution in [0.3, 0.4) is 0 Å². The average Bonchev–Trinajstić information content (AvgIpc) is 2.81. The second kappa shape index (κ2) is 7.33. The standard InChI is InChI=1S/C13H25N3O3/c1-9(16(2)3)7-14-13(19)15-8-10-5-4-6-11(10)12(17)18/h9-11H,4-8H2,1-3H3,(H,17,18)(H2,14,15,19). The number of rotatable bonds is 6. The lowest BCUT2D eigenvalue weighted by atomic mass is 9.96. The third-order valence-corrected chi connectivity index (χ3v) is 3.94. The number of hydrogen-bond donors (Lipinski definition) is 3. The zero-order valence-electron chi connectivity index (χ0n) is 12.0. The Kier molecular flexibility index (Phi) is 6.08. The van der Waals surface area contributed by atoms with Crippen molar-refractivity contribution in [2.24, 2.45) is 11.8 Å². The van der Waals surface area contributed by atoms with Crippen LogP contribution >= 0.6 is 0 Å². The van der Waals surface area contributed by atoms with E-state index in [1.807, 2.05) is 25.9 Å². The lowest BCUT2D eigenvalue weighted by molar-refractivity contribution is -0.142. The summed E-state index contributed by atoms with van der Waals surface area (Å²) in [5.74, 6) is -0.985. The van der Waals surface area contributed by atoms with Crippen molar-refractivity contribution in [2.45, 2.75) is 32.2 Å². The highest BCUT2D eigenvalue weighted by Crippen LogP contribution is 2.31. The Hall–Kier alpha value is -1.30. The van der Waals surface area contributed by atoms with Gasteiger partial charge < -0.3 is 20.6 Å². The Morgan fingerprint density at radius 3 is 2.58 bits per heavy atom. The van der Waals surface area contributed by atoms with Crippen molar-refractivity contribution in [1.29, 1.82) is 0 Å². The van der Waals surface area contributed by atoms with E-state index in [4.69, 9.17) is 5.11 Å². The fraction of sp³-hybridized carbons (Fsp3) is 0.846. The number of hydrogen-bond acceptors (Lipinski definition) is 3. The van der Waals surface area contributed by atoms with Gasteiger partial charge >= 0.3 is 12.0 Å². The highest BCUT2D eigenvalue weighted by Gasteiger charge is 2.32. The zero-order chi connectivity index (χ0) is 14.4. The molecule has 1 aliphatic rings. The third kappa shape index (κ3) is 5.06. The minimum Gasteiger partial charge on any atom is -0.481 e. The van der Waals surface area contributed by atoms with Crippen LogP contribution in [0.2, 0.25) is 0 Å². The van der Waals surface area contributed by atoms with Gasteiger partial charge in [0, 0.05) is 19.1 Å². The van der Waals surface area contributed by atoms with Crippen LogP contribution in [0.5, 0.6) is 0 Å². The fourth-order valence-electron chi connectivity index (χ4n) is 2.32. The molecule has 1 rings (SSSR count). The number of carboxylic acid groups (broad SMARTS) is 1. The van der Waals surface area contributed by atoms with E-state index in [1.54, 1.807) is 0 Å². The summed E-state index contributed by atoms with van der Waals surface area (Å²) in [6, 6.07) is 0.0498. The lowest BCUT2D eigenvalue weighted by Gasteiger charge is -2.21. The second-order valence-electron chi connectivity index (χ2n) is 5.54. The molecule has 6 nitrogen and oxygen atoms in total. The van der Waals surface area contributed by atoms with Crippen LogP contribution in [0, 0.1) is 11.8 Å². The highest BCUT2D eigenvalue weighted by atomic mass is 16.4. The predicted octanol–water partition coefficient (Wildman–Crippen LogP) is 0.737. The Morgan fingerprint density at radius 1 is 1.32 bits per heavy atom. The van der Waals surface area contributed by atoms with Crippen LogP contribution in [-0.4, -0.2) is 55.2 Å². The van der Waals surface area contributed by atoms with Gasteiger partial charge in [0.05, 0.1) is 5.92 Å². The number of urea groups is 1. The van der Waals surface area contributed by atoms with Gasteiger partial charge in [-0.25, -0.2) is 4.79 Å². The summed E-state index contributed by atoms with van der Waals surface area (Å²) in [6.45, 7) is 3.04. The maximum Gasteiger partial charge on any atom is 0.314 e. The first-order valence-electron chi connectivity index (χ1n) is 6.82. The number of nitrogens with one attached hydrogen (secondary N) is 2. The average molecular weight is 271 g/mol. The highest BCUT2D eigenvalue weighted by molar-refractivity contribution is 5.74.